The summed E-state index contributed by atoms with van der Waals surface area (Å²) in [6, 6.07) is 42.5. The monoisotopic (exact) mass is 1400 g/mol. The summed E-state index contributed by atoms with van der Waals surface area (Å²) in [6.45, 7) is 18.1. The van der Waals surface area contributed by atoms with Crippen LogP contribution >= 0.6 is 0 Å². The van der Waals surface area contributed by atoms with Gasteiger partial charge in [-0.2, -0.15) is 0 Å². The minimum atomic E-state index is -0.481. The van der Waals surface area contributed by atoms with Gasteiger partial charge in [-0.25, -0.2) is 28.8 Å². The van der Waals surface area contributed by atoms with Gasteiger partial charge in [-0.3, -0.25) is 4.79 Å². The average molecular weight is 1400 g/mol. The lowest BCUT2D eigenvalue weighted by Gasteiger charge is -2.10. The Labute approximate surface area is 603 Å². The molecule has 6 aromatic rings. The average Bonchev–Trinajstić information content (AvgIpc) is 0.851. The van der Waals surface area contributed by atoms with Gasteiger partial charge in [0.2, 0.25) is 0 Å². The van der Waals surface area contributed by atoms with Crippen molar-refractivity contribution in [1.29, 1.82) is 0 Å². The van der Waals surface area contributed by atoms with Crippen molar-refractivity contribution in [2.75, 3.05) is 52.9 Å². The van der Waals surface area contributed by atoms with Crippen molar-refractivity contribution in [3.8, 4) is 45.3 Å². The van der Waals surface area contributed by atoms with Gasteiger partial charge in [-0.05, 0) is 249 Å². The smallest absolute Gasteiger partial charge is 0.343 e. The van der Waals surface area contributed by atoms with Crippen molar-refractivity contribution < 1.29 is 80.9 Å². The van der Waals surface area contributed by atoms with E-state index >= 15 is 0 Å². The fourth-order valence-electron chi connectivity index (χ4n) is 10.6. The summed E-state index contributed by atoms with van der Waals surface area (Å²) in [5.74, 6) is 0.419. The maximum absolute atomic E-state index is 12.8. The van der Waals surface area contributed by atoms with Gasteiger partial charge in [0.25, 0.3) is 0 Å². The van der Waals surface area contributed by atoms with E-state index in [0.29, 0.717) is 116 Å². The van der Waals surface area contributed by atoms with Crippen molar-refractivity contribution in [3.05, 3.63) is 204 Å². The summed E-state index contributed by atoms with van der Waals surface area (Å²) in [5, 5.41) is 0. The van der Waals surface area contributed by atoms with Crippen LogP contribution in [0.4, 0.5) is 0 Å². The maximum atomic E-state index is 12.8. The second kappa shape index (κ2) is 48.1. The highest BCUT2D eigenvalue weighted by atomic mass is 16.6. The third kappa shape index (κ3) is 33.1. The molecule has 17 nitrogen and oxygen atoms in total. The molecule has 0 N–H and O–H groups in total. The number of hydrogen-bond donors (Lipinski definition) is 0. The van der Waals surface area contributed by atoms with E-state index in [1.165, 1.54) is 12.8 Å². The fraction of sp³-hybridized carbons (Fsp3) is 0.424. The molecule has 0 bridgehead atoms. The number of benzene rings is 6. The van der Waals surface area contributed by atoms with Crippen LogP contribution in [0.5, 0.6) is 23.0 Å². The largest absolute Gasteiger partial charge is 0.499 e. The van der Waals surface area contributed by atoms with Gasteiger partial charge >= 0.3 is 41.8 Å². The molecule has 0 saturated heterocycles. The zero-order valence-electron chi connectivity index (χ0n) is 60.0. The van der Waals surface area contributed by atoms with Gasteiger partial charge in [0.05, 0.1) is 80.9 Å². The lowest BCUT2D eigenvalue weighted by molar-refractivity contribution is -0.144. The number of esters is 7. The van der Waals surface area contributed by atoms with Crippen molar-refractivity contribution in [2.24, 2.45) is 0 Å². The Morgan fingerprint density at radius 3 is 0.863 bits per heavy atom. The van der Waals surface area contributed by atoms with Gasteiger partial charge in [0.1, 0.15) is 23.0 Å². The maximum Gasteiger partial charge on any atom is 0.343 e. The summed E-state index contributed by atoms with van der Waals surface area (Å²) in [5.41, 5.74) is 6.15. The number of ether oxygens (including phenoxy) is 10. The van der Waals surface area contributed by atoms with E-state index in [1.807, 2.05) is 48.5 Å². The second-order valence-electron chi connectivity index (χ2n) is 25.4. The zero-order valence-corrected chi connectivity index (χ0v) is 60.0. The third-order valence-corrected chi connectivity index (χ3v) is 16.7. The molecule has 0 amide bonds. The van der Waals surface area contributed by atoms with Crippen LogP contribution in [0, 0.1) is 0 Å². The highest BCUT2D eigenvalue weighted by Crippen LogP contribution is 2.27. The first-order chi connectivity index (χ1) is 49.6. The molecule has 0 aliphatic carbocycles. The summed E-state index contributed by atoms with van der Waals surface area (Å²) < 4.78 is 55.4. The first-order valence-electron chi connectivity index (χ1n) is 36.4. The van der Waals surface area contributed by atoms with Crippen molar-refractivity contribution in [1.82, 2.24) is 0 Å². The van der Waals surface area contributed by atoms with Crippen LogP contribution in [0.2, 0.25) is 0 Å². The van der Waals surface area contributed by atoms with Crippen LogP contribution in [0.15, 0.2) is 182 Å². The highest BCUT2D eigenvalue weighted by Gasteiger charge is 2.15. The molecule has 6 rings (SSSR count). The Morgan fingerprint density at radius 2 is 0.510 bits per heavy atom. The molecule has 0 spiro atoms. The van der Waals surface area contributed by atoms with E-state index in [4.69, 9.17) is 47.4 Å². The van der Waals surface area contributed by atoms with E-state index in [0.717, 1.165) is 176 Å². The minimum Gasteiger partial charge on any atom is -0.499 e. The summed E-state index contributed by atoms with van der Waals surface area (Å²) in [7, 11) is 0. The Morgan fingerprint density at radius 1 is 0.255 bits per heavy atom. The van der Waals surface area contributed by atoms with E-state index in [9.17, 15) is 33.6 Å². The van der Waals surface area contributed by atoms with Crippen LogP contribution in [0.1, 0.15) is 222 Å². The van der Waals surface area contributed by atoms with Crippen molar-refractivity contribution >= 4 is 41.8 Å². The molecule has 0 aliphatic rings. The first-order valence-corrected chi connectivity index (χ1v) is 36.4. The minimum absolute atomic E-state index is 0.144. The molecule has 546 valence electrons. The van der Waals surface area contributed by atoms with Crippen LogP contribution in [-0.4, -0.2) is 94.6 Å². The molecule has 17 heteroatoms. The normalized spacial score (nSPS) is 10.8. The summed E-state index contributed by atoms with van der Waals surface area (Å²) in [4.78, 5) is 86.3. The Bertz CT molecular complexity index is 3280. The van der Waals surface area contributed by atoms with Crippen LogP contribution in [0.3, 0.4) is 0 Å². The van der Waals surface area contributed by atoms with Crippen LogP contribution < -0.4 is 18.9 Å². The van der Waals surface area contributed by atoms with Gasteiger partial charge in [-0.15, -0.1) is 0 Å². The van der Waals surface area contributed by atoms with Gasteiger partial charge < -0.3 is 47.4 Å². The summed E-state index contributed by atoms with van der Waals surface area (Å²) >= 11 is 0. The lowest BCUT2D eigenvalue weighted by atomic mass is 10.0. The van der Waals surface area contributed by atoms with Crippen molar-refractivity contribution in [3.63, 3.8) is 0 Å². The molecular formula is C85H104O17. The molecule has 0 aliphatic heterocycles. The summed E-state index contributed by atoms with van der Waals surface area (Å²) in [6.07, 6.45) is 23.8. The Balaban J connectivity index is 0.669. The molecule has 0 aromatic heterocycles. The lowest BCUT2D eigenvalue weighted by Crippen LogP contribution is -2.08. The number of carbonyl (C=O) groups is 7. The van der Waals surface area contributed by atoms with E-state index in [1.54, 1.807) is 111 Å². The molecule has 0 saturated carbocycles. The number of hydrogen-bond acceptors (Lipinski definition) is 17. The Kier molecular flexibility index (Phi) is 38.3. The van der Waals surface area contributed by atoms with Gasteiger partial charge in [-0.1, -0.05) is 107 Å². The number of allylic oxidation sites excluding steroid dienone is 1. The highest BCUT2D eigenvalue weighted by molar-refractivity contribution is 5.93. The van der Waals surface area contributed by atoms with E-state index in [2.05, 4.69) is 19.7 Å². The molecule has 0 fully saturated rings. The number of carbonyl (C=O) groups excluding carboxylic acids is 7. The Hall–Kier alpha value is -9.77. The molecule has 0 radical (unpaired) electrons. The SMILES string of the molecule is C=C(CCCCCCCCCCC(=O)OCCCCCCOC(=O)c1ccc(-c2ccc(OC(=O)c3ccc(OCCCCCCOC(=O)C(=C)C)cc3)cc2)cc1)OCCCCCCOC(=O)c1ccc(-c2ccc(OC(=O)c3ccc(OCCCCCCOC(=O)C(=C)C)cc3)cc2)cc1. The predicted molar refractivity (Wildman–Crippen MR) is 396 cm³/mol. The van der Waals surface area contributed by atoms with Gasteiger partial charge in [0.15, 0.2) is 0 Å². The zero-order chi connectivity index (χ0) is 72.8. The fourth-order valence-corrected chi connectivity index (χ4v) is 10.6. The number of unbranched alkanes of at least 4 members (excludes halogenated alkanes) is 19. The topological polar surface area (TPSA) is 212 Å². The van der Waals surface area contributed by atoms with Gasteiger partial charge in [0, 0.05) is 24.0 Å². The predicted octanol–water partition coefficient (Wildman–Crippen LogP) is 19.7. The van der Waals surface area contributed by atoms with E-state index in [-0.39, 0.29) is 29.8 Å². The number of rotatable bonds is 52. The molecule has 102 heavy (non-hydrogen) atoms. The quantitative estimate of drug-likeness (QED) is 0.00867. The van der Waals surface area contributed by atoms with Crippen LogP contribution in [0.25, 0.3) is 22.3 Å². The molecule has 6 aromatic carbocycles. The molecule has 0 atom stereocenters. The molecular weight excluding hydrogens is 1290 g/mol. The second-order valence-corrected chi connectivity index (χ2v) is 25.4. The molecule has 0 heterocycles. The van der Waals surface area contributed by atoms with E-state index < -0.39 is 11.9 Å². The van der Waals surface area contributed by atoms with Crippen molar-refractivity contribution in [2.45, 2.75) is 181 Å². The molecule has 0 unspecified atom stereocenters. The van der Waals surface area contributed by atoms with Crippen LogP contribution in [-0.2, 0) is 42.8 Å². The third-order valence-electron chi connectivity index (χ3n) is 16.7. The first kappa shape index (κ1) is 81.2. The standard InChI is InChI=1S/C85H104O17/c1-64(2)80(87)97-60-26-17-13-23-57-94-75-48-44-73(45-49-75)84(91)101-77-52-40-69(41-53-77)67-32-36-71(37-33-67)82(89)99-62-28-16-12-22-56-93-66(5)30-20-10-8-6-7-9-11-21-31-79(86)96-59-25-15-19-29-63-100-83(90)72-38-34-68(35-39-72)70-42-54-78(55-43-70)102-85(92)74-46-50-76(51-47-74)95-58-24-14-18-27-61-98-81(88)65(3)4/h32-55H,1,3,5-31,56-63H2,2,4H3.